The Bertz CT molecular complexity index is 408. The fourth-order valence-corrected chi connectivity index (χ4v) is 1.19. The van der Waals surface area contributed by atoms with Crippen molar-refractivity contribution >= 4 is 23.8 Å². The molecule has 8 nitrogen and oxygen atoms in total. The van der Waals surface area contributed by atoms with Crippen molar-refractivity contribution in [3.05, 3.63) is 0 Å². The Labute approximate surface area is 106 Å². The standard InChI is InChI=1S/C10H18N6O2/c1-14(2)8-11-9(15(3)4)13-10(12-8)16(5)6-7(17)18/h6H2,1-5H3,(H,17,18). The summed E-state index contributed by atoms with van der Waals surface area (Å²) in [4.78, 5) is 28.3. The van der Waals surface area contributed by atoms with Crippen molar-refractivity contribution in [3.63, 3.8) is 0 Å². The van der Waals surface area contributed by atoms with E-state index in [1.807, 2.05) is 28.2 Å². The van der Waals surface area contributed by atoms with E-state index in [0.29, 0.717) is 17.8 Å². The summed E-state index contributed by atoms with van der Waals surface area (Å²) >= 11 is 0. The van der Waals surface area contributed by atoms with Crippen molar-refractivity contribution in [1.29, 1.82) is 0 Å². The highest BCUT2D eigenvalue weighted by atomic mass is 16.4. The molecule has 0 spiro atoms. The number of carboxylic acid groups (broad SMARTS) is 1. The van der Waals surface area contributed by atoms with Crippen molar-refractivity contribution in [3.8, 4) is 0 Å². The van der Waals surface area contributed by atoms with Gasteiger partial charge in [-0.3, -0.25) is 4.79 Å². The number of hydrogen-bond donors (Lipinski definition) is 1. The maximum atomic E-state index is 10.7. The Hall–Kier alpha value is -2.12. The van der Waals surface area contributed by atoms with Gasteiger partial charge in [-0.15, -0.1) is 0 Å². The Balaban J connectivity index is 3.14. The van der Waals surface area contributed by atoms with Gasteiger partial charge in [-0.25, -0.2) is 0 Å². The molecule has 0 atom stereocenters. The van der Waals surface area contributed by atoms with Crippen LogP contribution in [-0.4, -0.2) is 67.8 Å². The maximum Gasteiger partial charge on any atom is 0.323 e. The number of hydrogen-bond acceptors (Lipinski definition) is 7. The van der Waals surface area contributed by atoms with E-state index in [4.69, 9.17) is 5.11 Å². The van der Waals surface area contributed by atoms with Crippen molar-refractivity contribution in [2.45, 2.75) is 0 Å². The van der Waals surface area contributed by atoms with E-state index in [9.17, 15) is 4.79 Å². The second kappa shape index (κ2) is 5.48. The van der Waals surface area contributed by atoms with Crippen LogP contribution >= 0.6 is 0 Å². The van der Waals surface area contributed by atoms with Crippen LogP contribution in [0, 0.1) is 0 Å². The summed E-state index contributed by atoms with van der Waals surface area (Å²) < 4.78 is 0. The smallest absolute Gasteiger partial charge is 0.323 e. The van der Waals surface area contributed by atoms with Gasteiger partial charge in [0.1, 0.15) is 6.54 Å². The second-order valence-electron chi connectivity index (χ2n) is 4.27. The minimum Gasteiger partial charge on any atom is -0.480 e. The molecule has 0 aliphatic carbocycles. The van der Waals surface area contributed by atoms with Gasteiger partial charge in [0, 0.05) is 35.2 Å². The minimum atomic E-state index is -0.935. The average Bonchev–Trinajstić information content (AvgIpc) is 2.27. The van der Waals surface area contributed by atoms with E-state index >= 15 is 0 Å². The molecule has 0 amide bonds. The molecule has 1 rings (SSSR count). The highest BCUT2D eigenvalue weighted by Gasteiger charge is 2.14. The Morgan fingerprint density at radius 2 is 1.33 bits per heavy atom. The van der Waals surface area contributed by atoms with Gasteiger partial charge in [0.2, 0.25) is 17.8 Å². The quantitative estimate of drug-likeness (QED) is 0.754. The molecule has 0 unspecified atom stereocenters. The van der Waals surface area contributed by atoms with Crippen LogP contribution in [0.15, 0.2) is 0 Å². The summed E-state index contributed by atoms with van der Waals surface area (Å²) in [6, 6.07) is 0. The van der Waals surface area contributed by atoms with Gasteiger partial charge in [0.05, 0.1) is 0 Å². The predicted octanol–water partition coefficient (Wildman–Crippen LogP) is -0.476. The number of likely N-dealkylation sites (N-methyl/N-ethyl adjacent to an activating group) is 1. The third-order valence-electron chi connectivity index (χ3n) is 2.11. The molecule has 0 aromatic carbocycles. The van der Waals surface area contributed by atoms with E-state index in [-0.39, 0.29) is 6.54 Å². The number of carboxylic acids is 1. The zero-order valence-electron chi connectivity index (χ0n) is 11.2. The Morgan fingerprint density at radius 3 is 1.67 bits per heavy atom. The normalized spacial score (nSPS) is 10.1. The Kier molecular flexibility index (Phi) is 4.24. The van der Waals surface area contributed by atoms with E-state index in [0.717, 1.165) is 0 Å². The highest BCUT2D eigenvalue weighted by molar-refractivity contribution is 5.72. The molecule has 1 N–H and O–H groups in total. The molecular formula is C10H18N6O2. The molecule has 1 aromatic rings. The summed E-state index contributed by atoms with van der Waals surface area (Å²) in [5, 5.41) is 8.77. The molecule has 18 heavy (non-hydrogen) atoms. The van der Waals surface area contributed by atoms with Crippen LogP contribution < -0.4 is 14.7 Å². The first kappa shape index (κ1) is 13.9. The van der Waals surface area contributed by atoms with Gasteiger partial charge in [-0.1, -0.05) is 0 Å². The third kappa shape index (κ3) is 3.44. The number of rotatable bonds is 5. The van der Waals surface area contributed by atoms with Crippen molar-refractivity contribution in [2.24, 2.45) is 0 Å². The maximum absolute atomic E-state index is 10.7. The third-order valence-corrected chi connectivity index (χ3v) is 2.11. The zero-order chi connectivity index (χ0) is 13.9. The van der Waals surface area contributed by atoms with Crippen LogP contribution in [-0.2, 0) is 4.79 Å². The molecular weight excluding hydrogens is 236 g/mol. The molecule has 0 aliphatic rings. The van der Waals surface area contributed by atoms with Crippen molar-refractivity contribution < 1.29 is 9.90 Å². The van der Waals surface area contributed by atoms with Gasteiger partial charge in [0.15, 0.2) is 0 Å². The summed E-state index contributed by atoms with van der Waals surface area (Å²) in [7, 11) is 8.89. The first-order chi connectivity index (χ1) is 8.31. The minimum absolute atomic E-state index is 0.163. The van der Waals surface area contributed by atoms with Gasteiger partial charge >= 0.3 is 5.97 Å². The lowest BCUT2D eigenvalue weighted by molar-refractivity contribution is -0.135. The van der Waals surface area contributed by atoms with Crippen LogP contribution in [0.1, 0.15) is 0 Å². The summed E-state index contributed by atoms with van der Waals surface area (Å²) in [5.41, 5.74) is 0. The number of aliphatic carboxylic acids is 1. The van der Waals surface area contributed by atoms with Crippen LogP contribution in [0.4, 0.5) is 17.8 Å². The second-order valence-corrected chi connectivity index (χ2v) is 4.27. The topological polar surface area (TPSA) is 85.7 Å². The molecule has 1 heterocycles. The number of aromatic nitrogens is 3. The molecule has 0 aliphatic heterocycles. The molecule has 0 bridgehead atoms. The summed E-state index contributed by atoms with van der Waals surface area (Å²) in [6.07, 6.45) is 0. The molecule has 0 saturated heterocycles. The van der Waals surface area contributed by atoms with E-state index in [2.05, 4.69) is 15.0 Å². The molecule has 0 radical (unpaired) electrons. The molecule has 100 valence electrons. The van der Waals surface area contributed by atoms with Gasteiger partial charge in [-0.2, -0.15) is 15.0 Å². The summed E-state index contributed by atoms with van der Waals surface area (Å²) in [5.74, 6) is 0.373. The highest BCUT2D eigenvalue weighted by Crippen LogP contribution is 2.15. The largest absolute Gasteiger partial charge is 0.480 e. The molecule has 8 heteroatoms. The number of anilines is 3. The number of carbonyl (C=O) groups is 1. The van der Waals surface area contributed by atoms with Crippen LogP contribution in [0.5, 0.6) is 0 Å². The molecule has 1 aromatic heterocycles. The average molecular weight is 254 g/mol. The lowest BCUT2D eigenvalue weighted by Gasteiger charge is -2.20. The van der Waals surface area contributed by atoms with Crippen LogP contribution in [0.2, 0.25) is 0 Å². The van der Waals surface area contributed by atoms with Gasteiger partial charge < -0.3 is 19.8 Å². The Morgan fingerprint density at radius 1 is 0.944 bits per heavy atom. The molecule has 0 saturated carbocycles. The van der Waals surface area contributed by atoms with E-state index < -0.39 is 5.97 Å². The van der Waals surface area contributed by atoms with Crippen molar-refractivity contribution in [2.75, 3.05) is 56.5 Å². The van der Waals surface area contributed by atoms with Crippen LogP contribution in [0.3, 0.4) is 0 Å². The zero-order valence-corrected chi connectivity index (χ0v) is 11.2. The first-order valence-electron chi connectivity index (χ1n) is 5.35. The first-order valence-corrected chi connectivity index (χ1v) is 5.35. The number of nitrogens with zero attached hydrogens (tertiary/aromatic N) is 6. The SMILES string of the molecule is CN(C)c1nc(N(C)C)nc(N(C)CC(=O)O)n1. The van der Waals surface area contributed by atoms with Gasteiger partial charge in [0.25, 0.3) is 0 Å². The van der Waals surface area contributed by atoms with Gasteiger partial charge in [-0.05, 0) is 0 Å². The monoisotopic (exact) mass is 254 g/mol. The lowest BCUT2D eigenvalue weighted by atomic mass is 10.6. The predicted molar refractivity (Wildman–Crippen MR) is 69.4 cm³/mol. The lowest BCUT2D eigenvalue weighted by Crippen LogP contribution is -2.29. The summed E-state index contributed by atoms with van der Waals surface area (Å²) in [6.45, 7) is -0.163. The fraction of sp³-hybridized carbons (Fsp3) is 0.600. The van der Waals surface area contributed by atoms with E-state index in [1.165, 1.54) is 4.90 Å². The van der Waals surface area contributed by atoms with Crippen molar-refractivity contribution in [1.82, 2.24) is 15.0 Å². The van der Waals surface area contributed by atoms with Crippen LogP contribution in [0.25, 0.3) is 0 Å². The fourth-order valence-electron chi connectivity index (χ4n) is 1.19. The molecule has 0 fully saturated rings. The van der Waals surface area contributed by atoms with E-state index in [1.54, 1.807) is 16.8 Å².